The van der Waals surface area contributed by atoms with Crippen molar-refractivity contribution in [1.29, 1.82) is 0 Å². The third kappa shape index (κ3) is 3.67. The van der Waals surface area contributed by atoms with Gasteiger partial charge in [0.25, 0.3) is 0 Å². The van der Waals surface area contributed by atoms with E-state index in [4.69, 9.17) is 0 Å². The van der Waals surface area contributed by atoms with Crippen molar-refractivity contribution in [2.75, 3.05) is 18.1 Å². The zero-order chi connectivity index (χ0) is 15.2. The number of halogens is 1. The maximum atomic E-state index is 13.9. The number of carbonyl (C=O) groups is 1. The van der Waals surface area contributed by atoms with Gasteiger partial charge in [-0.3, -0.25) is 4.79 Å². The summed E-state index contributed by atoms with van der Waals surface area (Å²) in [6, 6.07) is 14.2. The van der Waals surface area contributed by atoms with E-state index in [1.54, 1.807) is 12.1 Å². The molecule has 21 heavy (non-hydrogen) atoms. The second-order valence-corrected chi connectivity index (χ2v) is 4.82. The number of Topliss-reactive ketones (excluding diaryl/α,β-unsaturated/α-hetero) is 1. The predicted octanol–water partition coefficient (Wildman–Crippen LogP) is 3.03. The molecule has 0 unspecified atom stereocenters. The minimum atomic E-state index is -0.531. The van der Waals surface area contributed by atoms with Crippen LogP contribution < -0.4 is 4.90 Å². The number of ketones is 1. The van der Waals surface area contributed by atoms with Crippen molar-refractivity contribution in [2.45, 2.75) is 13.5 Å². The summed E-state index contributed by atoms with van der Waals surface area (Å²) in [5.74, 6) is -0.852. The summed E-state index contributed by atoms with van der Waals surface area (Å²) >= 11 is 0. The molecule has 110 valence electrons. The smallest absolute Gasteiger partial charge is 0.164 e. The highest BCUT2D eigenvalue weighted by Crippen LogP contribution is 2.25. The number of carbonyl (C=O) groups excluding carboxylic acids is 1. The van der Waals surface area contributed by atoms with Gasteiger partial charge in [0, 0.05) is 13.1 Å². The Hall–Kier alpha value is -2.20. The summed E-state index contributed by atoms with van der Waals surface area (Å²) in [4.78, 5) is 13.5. The minimum Gasteiger partial charge on any atom is -0.395 e. The van der Waals surface area contributed by atoms with Gasteiger partial charge in [0.15, 0.2) is 5.78 Å². The molecule has 0 spiro atoms. The van der Waals surface area contributed by atoms with Gasteiger partial charge in [0.05, 0.1) is 17.9 Å². The number of aliphatic hydroxyl groups excluding tert-OH is 1. The molecule has 0 aromatic heterocycles. The summed E-state index contributed by atoms with van der Waals surface area (Å²) in [5.41, 5.74) is 1.62. The van der Waals surface area contributed by atoms with Crippen molar-refractivity contribution in [3.05, 3.63) is 65.5 Å². The highest BCUT2D eigenvalue weighted by Gasteiger charge is 2.18. The summed E-state index contributed by atoms with van der Waals surface area (Å²) in [6.45, 7) is 2.12. The molecule has 0 fully saturated rings. The first-order chi connectivity index (χ1) is 10.1. The number of rotatable bonds is 6. The van der Waals surface area contributed by atoms with Crippen LogP contribution in [0.1, 0.15) is 22.8 Å². The Morgan fingerprint density at radius 2 is 1.86 bits per heavy atom. The van der Waals surface area contributed by atoms with E-state index in [-0.39, 0.29) is 18.0 Å². The standard InChI is InChI=1S/C17H18FNO2/c1-13(21)17-15(18)8-5-9-16(17)19(10-11-20)12-14-6-3-2-4-7-14/h2-9,20H,10-12H2,1H3. The van der Waals surface area contributed by atoms with E-state index >= 15 is 0 Å². The Morgan fingerprint density at radius 3 is 2.48 bits per heavy atom. The average Bonchev–Trinajstić information content (AvgIpc) is 2.47. The molecule has 0 heterocycles. The Balaban J connectivity index is 2.39. The molecule has 0 aliphatic carbocycles. The lowest BCUT2D eigenvalue weighted by atomic mass is 10.1. The summed E-state index contributed by atoms with van der Waals surface area (Å²) < 4.78 is 13.9. The van der Waals surface area contributed by atoms with E-state index in [0.717, 1.165) is 5.56 Å². The average molecular weight is 287 g/mol. The van der Waals surface area contributed by atoms with Crippen LogP contribution in [0.2, 0.25) is 0 Å². The fourth-order valence-electron chi connectivity index (χ4n) is 2.33. The molecule has 0 saturated carbocycles. The molecule has 0 aliphatic heterocycles. The molecule has 1 N–H and O–H groups in total. The molecule has 0 atom stereocenters. The van der Waals surface area contributed by atoms with E-state index in [0.29, 0.717) is 18.8 Å². The molecule has 0 aliphatic rings. The first kappa shape index (κ1) is 15.2. The van der Waals surface area contributed by atoms with Gasteiger partial charge in [-0.1, -0.05) is 36.4 Å². The molecular formula is C17H18FNO2. The van der Waals surface area contributed by atoms with Crippen LogP contribution in [-0.2, 0) is 6.54 Å². The van der Waals surface area contributed by atoms with Crippen LogP contribution >= 0.6 is 0 Å². The second-order valence-electron chi connectivity index (χ2n) is 4.82. The fourth-order valence-corrected chi connectivity index (χ4v) is 2.33. The van der Waals surface area contributed by atoms with Crippen LogP contribution in [0.15, 0.2) is 48.5 Å². The molecule has 3 nitrogen and oxygen atoms in total. The zero-order valence-corrected chi connectivity index (χ0v) is 11.9. The second kappa shape index (κ2) is 6.99. The number of nitrogens with zero attached hydrogens (tertiary/aromatic N) is 1. The van der Waals surface area contributed by atoms with Gasteiger partial charge >= 0.3 is 0 Å². The Morgan fingerprint density at radius 1 is 1.14 bits per heavy atom. The van der Waals surface area contributed by atoms with Crippen molar-refractivity contribution in [3.8, 4) is 0 Å². The predicted molar refractivity (Wildman–Crippen MR) is 81.0 cm³/mol. The van der Waals surface area contributed by atoms with Crippen molar-refractivity contribution in [1.82, 2.24) is 0 Å². The van der Waals surface area contributed by atoms with E-state index < -0.39 is 5.82 Å². The zero-order valence-electron chi connectivity index (χ0n) is 11.9. The molecule has 0 radical (unpaired) electrons. The minimum absolute atomic E-state index is 0.0688. The summed E-state index contributed by atoms with van der Waals surface area (Å²) in [7, 11) is 0. The lowest BCUT2D eigenvalue weighted by Crippen LogP contribution is -2.28. The quantitative estimate of drug-likeness (QED) is 0.830. The van der Waals surface area contributed by atoms with E-state index in [9.17, 15) is 14.3 Å². The monoisotopic (exact) mass is 287 g/mol. The number of benzene rings is 2. The largest absolute Gasteiger partial charge is 0.395 e. The maximum Gasteiger partial charge on any atom is 0.164 e. The molecule has 4 heteroatoms. The lowest BCUT2D eigenvalue weighted by molar-refractivity contribution is 0.101. The first-order valence-corrected chi connectivity index (χ1v) is 6.82. The van der Waals surface area contributed by atoms with Gasteiger partial charge in [0.2, 0.25) is 0 Å². The fraction of sp³-hybridized carbons (Fsp3) is 0.235. The molecule has 2 aromatic rings. The van der Waals surface area contributed by atoms with Crippen LogP contribution in [0.3, 0.4) is 0 Å². The van der Waals surface area contributed by atoms with Crippen molar-refractivity contribution < 1.29 is 14.3 Å². The van der Waals surface area contributed by atoms with E-state index in [1.807, 2.05) is 35.2 Å². The van der Waals surface area contributed by atoms with Gasteiger partial charge in [-0.2, -0.15) is 0 Å². The van der Waals surface area contributed by atoms with E-state index in [2.05, 4.69) is 0 Å². The Labute approximate surface area is 123 Å². The number of hydrogen-bond acceptors (Lipinski definition) is 3. The normalized spacial score (nSPS) is 10.4. The third-order valence-corrected chi connectivity index (χ3v) is 3.27. The topological polar surface area (TPSA) is 40.5 Å². The van der Waals surface area contributed by atoms with Gasteiger partial charge in [-0.25, -0.2) is 4.39 Å². The van der Waals surface area contributed by atoms with Crippen molar-refractivity contribution >= 4 is 11.5 Å². The summed E-state index contributed by atoms with van der Waals surface area (Å²) in [5, 5.41) is 9.25. The van der Waals surface area contributed by atoms with Crippen LogP contribution in [0.5, 0.6) is 0 Å². The molecule has 2 aromatic carbocycles. The highest BCUT2D eigenvalue weighted by atomic mass is 19.1. The molecule has 0 saturated heterocycles. The summed E-state index contributed by atoms with van der Waals surface area (Å²) in [6.07, 6.45) is 0. The van der Waals surface area contributed by atoms with Gasteiger partial charge in [-0.15, -0.1) is 0 Å². The number of aliphatic hydroxyl groups is 1. The number of anilines is 1. The van der Waals surface area contributed by atoms with Crippen LogP contribution in [0.25, 0.3) is 0 Å². The molecular weight excluding hydrogens is 269 g/mol. The molecule has 2 rings (SSSR count). The maximum absolute atomic E-state index is 13.9. The third-order valence-electron chi connectivity index (χ3n) is 3.27. The lowest BCUT2D eigenvalue weighted by Gasteiger charge is -2.26. The van der Waals surface area contributed by atoms with Gasteiger partial charge < -0.3 is 10.0 Å². The Bertz CT molecular complexity index is 613. The molecule has 0 bridgehead atoms. The van der Waals surface area contributed by atoms with Crippen LogP contribution in [0.4, 0.5) is 10.1 Å². The highest BCUT2D eigenvalue weighted by molar-refractivity contribution is 6.00. The number of hydrogen-bond donors (Lipinski definition) is 1. The van der Waals surface area contributed by atoms with E-state index in [1.165, 1.54) is 13.0 Å². The van der Waals surface area contributed by atoms with Crippen LogP contribution in [0, 0.1) is 5.82 Å². The van der Waals surface area contributed by atoms with Gasteiger partial charge in [-0.05, 0) is 24.6 Å². The Kier molecular flexibility index (Phi) is 5.06. The van der Waals surface area contributed by atoms with Gasteiger partial charge in [0.1, 0.15) is 5.82 Å². The van der Waals surface area contributed by atoms with Crippen LogP contribution in [-0.4, -0.2) is 24.0 Å². The molecule has 0 amide bonds. The van der Waals surface area contributed by atoms with Crippen molar-refractivity contribution in [3.63, 3.8) is 0 Å². The first-order valence-electron chi connectivity index (χ1n) is 6.82. The SMILES string of the molecule is CC(=O)c1c(F)cccc1N(CCO)Cc1ccccc1. The van der Waals surface area contributed by atoms with Crippen molar-refractivity contribution in [2.24, 2.45) is 0 Å².